The van der Waals surface area contributed by atoms with E-state index in [4.69, 9.17) is 0 Å². The van der Waals surface area contributed by atoms with Gasteiger partial charge in [-0.3, -0.25) is 0 Å². The van der Waals surface area contributed by atoms with Gasteiger partial charge in [0, 0.05) is 17.1 Å². The Morgan fingerprint density at radius 2 is 1.57 bits per heavy atom. The van der Waals surface area contributed by atoms with Crippen LogP contribution >= 0.6 is 0 Å². The highest BCUT2D eigenvalue weighted by molar-refractivity contribution is 5.79. The Morgan fingerprint density at radius 1 is 0.810 bits per heavy atom. The Balaban J connectivity index is 0.000000131. The molecule has 0 amide bonds. The Morgan fingerprint density at radius 3 is 2.38 bits per heavy atom. The van der Waals surface area contributed by atoms with Gasteiger partial charge in [-0.1, -0.05) is 49.0 Å². The first-order valence-electron chi connectivity index (χ1n) is 6.87. The minimum absolute atomic E-state index is 0.925. The Kier molecular flexibility index (Phi) is 3.79. The molecule has 4 aromatic rings. The molecule has 0 atom stereocenters. The molecule has 0 saturated carbocycles. The molecular formula is C19H16N2. The molecule has 102 valence electrons. The molecule has 0 aliphatic rings. The van der Waals surface area contributed by atoms with Gasteiger partial charge >= 0.3 is 0 Å². The molecule has 0 aliphatic carbocycles. The van der Waals surface area contributed by atoms with Gasteiger partial charge in [-0.25, -0.2) is 4.98 Å². The van der Waals surface area contributed by atoms with E-state index in [9.17, 15) is 0 Å². The van der Waals surface area contributed by atoms with Crippen molar-refractivity contribution in [3.63, 3.8) is 0 Å². The van der Waals surface area contributed by atoms with Crippen molar-refractivity contribution in [2.75, 3.05) is 0 Å². The average Bonchev–Trinajstić information content (AvgIpc) is 3.03. The summed E-state index contributed by atoms with van der Waals surface area (Å²) in [6, 6.07) is 22.4. The topological polar surface area (TPSA) is 28.7 Å². The van der Waals surface area contributed by atoms with Crippen LogP contribution in [0.4, 0.5) is 0 Å². The summed E-state index contributed by atoms with van der Waals surface area (Å²) in [7, 11) is 0. The van der Waals surface area contributed by atoms with Crippen LogP contribution < -0.4 is 0 Å². The molecule has 4 rings (SSSR count). The summed E-state index contributed by atoms with van der Waals surface area (Å²) in [4.78, 5) is 7.50. The zero-order valence-corrected chi connectivity index (χ0v) is 11.7. The molecule has 1 N–H and O–H groups in total. The number of nitrogens with one attached hydrogen (secondary N) is 1. The second-order valence-corrected chi connectivity index (χ2v) is 4.70. The fraction of sp³-hybridized carbons (Fsp3) is 0. The smallest absolute Gasteiger partial charge is 0.0709 e. The van der Waals surface area contributed by atoms with Crippen LogP contribution in [0, 0.1) is 0 Å². The third-order valence-corrected chi connectivity index (χ3v) is 3.29. The van der Waals surface area contributed by atoms with Gasteiger partial charge in [0.1, 0.15) is 0 Å². The second kappa shape index (κ2) is 6.06. The van der Waals surface area contributed by atoms with E-state index in [-0.39, 0.29) is 0 Å². The lowest BCUT2D eigenvalue weighted by Gasteiger charge is -1.96. The van der Waals surface area contributed by atoms with Crippen LogP contribution in [-0.4, -0.2) is 9.97 Å². The summed E-state index contributed by atoms with van der Waals surface area (Å²) >= 11 is 0. The summed E-state index contributed by atoms with van der Waals surface area (Å²) in [6.45, 7) is 3.68. The third kappa shape index (κ3) is 3.00. The molecule has 2 aromatic heterocycles. The number of benzene rings is 2. The third-order valence-electron chi connectivity index (χ3n) is 3.29. The molecular weight excluding hydrogens is 256 g/mol. The van der Waals surface area contributed by atoms with Crippen LogP contribution in [0.2, 0.25) is 0 Å². The first-order valence-corrected chi connectivity index (χ1v) is 6.87. The standard InChI is InChI=1S/C11H9N.C8H7N/c1-2-10-8-7-9-5-3-4-6-11(9)12-10;1-2-4-8-7(3-1)5-6-9-8/h2-8H,1H2;1-6,9H. The number of hydrogen-bond acceptors (Lipinski definition) is 1. The van der Waals surface area contributed by atoms with Crippen LogP contribution in [0.1, 0.15) is 5.69 Å². The van der Waals surface area contributed by atoms with E-state index in [2.05, 4.69) is 46.9 Å². The summed E-state index contributed by atoms with van der Waals surface area (Å²) in [5.41, 5.74) is 3.15. The lowest BCUT2D eigenvalue weighted by Crippen LogP contribution is -1.81. The van der Waals surface area contributed by atoms with Crippen molar-refractivity contribution in [2.24, 2.45) is 0 Å². The fourth-order valence-corrected chi connectivity index (χ4v) is 2.19. The van der Waals surface area contributed by atoms with Gasteiger partial charge in [0.05, 0.1) is 11.2 Å². The Labute approximate surface area is 123 Å². The number of rotatable bonds is 1. The maximum Gasteiger partial charge on any atom is 0.0709 e. The fourth-order valence-electron chi connectivity index (χ4n) is 2.19. The highest BCUT2D eigenvalue weighted by Gasteiger charge is 1.92. The minimum Gasteiger partial charge on any atom is -0.361 e. The summed E-state index contributed by atoms with van der Waals surface area (Å²) < 4.78 is 0. The number of pyridine rings is 1. The predicted molar refractivity (Wildman–Crippen MR) is 90.1 cm³/mol. The van der Waals surface area contributed by atoms with Crippen molar-refractivity contribution in [3.05, 3.63) is 85.2 Å². The van der Waals surface area contributed by atoms with E-state index < -0.39 is 0 Å². The lowest BCUT2D eigenvalue weighted by molar-refractivity contribution is 1.37. The Bertz CT molecular complexity index is 844. The van der Waals surface area contributed by atoms with Gasteiger partial charge in [-0.15, -0.1) is 0 Å². The number of para-hydroxylation sites is 2. The van der Waals surface area contributed by atoms with Crippen LogP contribution in [0.25, 0.3) is 27.9 Å². The quantitative estimate of drug-likeness (QED) is 0.516. The van der Waals surface area contributed by atoms with Crippen LogP contribution in [0.15, 0.2) is 79.5 Å². The molecule has 0 aliphatic heterocycles. The molecule has 0 saturated heterocycles. The summed E-state index contributed by atoms with van der Waals surface area (Å²) in [5.74, 6) is 0. The zero-order chi connectivity index (χ0) is 14.5. The molecule has 21 heavy (non-hydrogen) atoms. The lowest BCUT2D eigenvalue weighted by atomic mass is 10.2. The molecule has 2 aromatic carbocycles. The van der Waals surface area contributed by atoms with Crippen molar-refractivity contribution < 1.29 is 0 Å². The van der Waals surface area contributed by atoms with E-state index in [0.717, 1.165) is 11.2 Å². The number of hydrogen-bond donors (Lipinski definition) is 1. The largest absolute Gasteiger partial charge is 0.361 e. The monoisotopic (exact) mass is 272 g/mol. The summed E-state index contributed by atoms with van der Waals surface area (Å²) in [5, 5.41) is 2.45. The van der Waals surface area contributed by atoms with Crippen molar-refractivity contribution in [1.29, 1.82) is 0 Å². The Hall–Kier alpha value is -2.87. The van der Waals surface area contributed by atoms with E-state index in [1.54, 1.807) is 6.08 Å². The first-order chi connectivity index (χ1) is 10.4. The van der Waals surface area contributed by atoms with E-state index >= 15 is 0 Å². The van der Waals surface area contributed by atoms with Gasteiger partial charge in [0.15, 0.2) is 0 Å². The molecule has 0 bridgehead atoms. The van der Waals surface area contributed by atoms with Crippen LogP contribution in [0.3, 0.4) is 0 Å². The maximum atomic E-state index is 4.38. The van der Waals surface area contributed by atoms with Gasteiger partial charge in [0.2, 0.25) is 0 Å². The SMILES string of the molecule is C=Cc1ccc2ccccc2n1.c1ccc2[nH]ccc2c1. The number of H-pyrrole nitrogens is 1. The zero-order valence-electron chi connectivity index (χ0n) is 11.7. The van der Waals surface area contributed by atoms with Gasteiger partial charge in [0.25, 0.3) is 0 Å². The molecule has 0 spiro atoms. The van der Waals surface area contributed by atoms with Gasteiger partial charge in [-0.2, -0.15) is 0 Å². The number of aromatic nitrogens is 2. The highest BCUT2D eigenvalue weighted by Crippen LogP contribution is 2.11. The number of aromatic amines is 1. The second-order valence-electron chi connectivity index (χ2n) is 4.70. The molecule has 0 fully saturated rings. The van der Waals surface area contributed by atoms with Crippen molar-refractivity contribution in [3.8, 4) is 0 Å². The normalized spacial score (nSPS) is 10.1. The molecule has 2 nitrogen and oxygen atoms in total. The molecule has 2 heteroatoms. The number of nitrogens with zero attached hydrogens (tertiary/aromatic N) is 1. The molecule has 0 unspecified atom stereocenters. The van der Waals surface area contributed by atoms with Gasteiger partial charge < -0.3 is 4.98 Å². The van der Waals surface area contributed by atoms with E-state index in [1.165, 1.54) is 16.3 Å². The highest BCUT2D eigenvalue weighted by atomic mass is 14.7. The predicted octanol–water partition coefficient (Wildman–Crippen LogP) is 5.05. The first kappa shape index (κ1) is 13.1. The number of fused-ring (bicyclic) bond motifs is 2. The molecule has 2 heterocycles. The van der Waals surface area contributed by atoms with Crippen molar-refractivity contribution in [2.45, 2.75) is 0 Å². The summed E-state index contributed by atoms with van der Waals surface area (Å²) in [6.07, 6.45) is 3.71. The van der Waals surface area contributed by atoms with E-state index in [1.807, 2.05) is 42.6 Å². The average molecular weight is 272 g/mol. The van der Waals surface area contributed by atoms with E-state index in [0.29, 0.717) is 0 Å². The minimum atomic E-state index is 0.925. The van der Waals surface area contributed by atoms with Gasteiger partial charge in [-0.05, 0) is 35.7 Å². The van der Waals surface area contributed by atoms with Crippen molar-refractivity contribution in [1.82, 2.24) is 9.97 Å². The van der Waals surface area contributed by atoms with Crippen LogP contribution in [-0.2, 0) is 0 Å². The molecule has 0 radical (unpaired) electrons. The maximum absolute atomic E-state index is 4.38. The van der Waals surface area contributed by atoms with Crippen molar-refractivity contribution >= 4 is 27.9 Å². The van der Waals surface area contributed by atoms with Crippen LogP contribution in [0.5, 0.6) is 0 Å².